The van der Waals surface area contributed by atoms with Gasteiger partial charge in [-0.2, -0.15) is 0 Å². The van der Waals surface area contributed by atoms with E-state index in [1.807, 2.05) is 0 Å². The molecule has 0 saturated heterocycles. The molecule has 0 aliphatic heterocycles. The van der Waals surface area contributed by atoms with Crippen LogP contribution in [0.5, 0.6) is 0 Å². The summed E-state index contributed by atoms with van der Waals surface area (Å²) in [6, 6.07) is 73.7. The van der Waals surface area contributed by atoms with E-state index in [-0.39, 0.29) is 0 Å². The van der Waals surface area contributed by atoms with Gasteiger partial charge in [-0.15, -0.1) is 0 Å². The van der Waals surface area contributed by atoms with Crippen LogP contribution in [0.25, 0.3) is 110 Å². The maximum Gasteiger partial charge on any atom is 0.165 e. The first kappa shape index (κ1) is 32.4. The van der Waals surface area contributed by atoms with Crippen LogP contribution in [0.3, 0.4) is 0 Å². The van der Waals surface area contributed by atoms with E-state index in [1.54, 1.807) is 0 Å². The highest BCUT2D eigenvalue weighted by atomic mass is 15.1. The fourth-order valence-corrected chi connectivity index (χ4v) is 9.01. The Morgan fingerprint density at radius 2 is 0.810 bits per heavy atom. The second-order valence-corrected chi connectivity index (χ2v) is 15.0. The molecule has 0 spiro atoms. The standard InChI is InChI=1S/C54H34N4/c1-4-16-35(17-5-1)44-33-47-48(34-45(44)36-18-6-2-7-19-36)56-54(58-50-27-15-13-25-42(50)46-30-37-20-10-11-21-38(37)31-52(46)58)53(55-47)39-28-29-43-41-24-12-14-26-49(41)57(51(43)32-39)40-22-8-3-9-23-40/h1-34H. The van der Waals surface area contributed by atoms with Crippen LogP contribution >= 0.6 is 0 Å². The lowest BCUT2D eigenvalue weighted by atomic mass is 9.93. The topological polar surface area (TPSA) is 35.6 Å². The van der Waals surface area contributed by atoms with Crippen molar-refractivity contribution >= 4 is 65.4 Å². The van der Waals surface area contributed by atoms with Gasteiger partial charge in [0.2, 0.25) is 0 Å². The molecule has 0 aliphatic carbocycles. The van der Waals surface area contributed by atoms with Gasteiger partial charge in [-0.3, -0.25) is 4.57 Å². The third kappa shape index (κ3) is 5.02. The van der Waals surface area contributed by atoms with E-state index in [0.717, 1.165) is 72.6 Å². The summed E-state index contributed by atoms with van der Waals surface area (Å²) in [4.78, 5) is 11.4. The number of fused-ring (bicyclic) bond motifs is 8. The molecule has 3 heterocycles. The van der Waals surface area contributed by atoms with Crippen LogP contribution in [0, 0.1) is 0 Å². The van der Waals surface area contributed by atoms with Gasteiger partial charge in [0.05, 0.1) is 33.1 Å². The van der Waals surface area contributed by atoms with E-state index >= 15 is 0 Å². The number of aromatic nitrogens is 4. The van der Waals surface area contributed by atoms with Crippen LogP contribution in [-0.2, 0) is 0 Å². The van der Waals surface area contributed by atoms with Gasteiger partial charge in [-0.1, -0.05) is 152 Å². The Balaban J connectivity index is 1.21. The molecule has 0 unspecified atom stereocenters. The molecule has 0 amide bonds. The molecule has 270 valence electrons. The van der Waals surface area contributed by atoms with Crippen molar-refractivity contribution in [2.24, 2.45) is 0 Å². The quantitative estimate of drug-likeness (QED) is 0.176. The number of hydrogen-bond donors (Lipinski definition) is 0. The molecule has 58 heavy (non-hydrogen) atoms. The summed E-state index contributed by atoms with van der Waals surface area (Å²) < 4.78 is 4.71. The Kier molecular flexibility index (Phi) is 7.20. The Labute approximate surface area is 334 Å². The summed E-state index contributed by atoms with van der Waals surface area (Å²) in [5.41, 5.74) is 13.6. The maximum atomic E-state index is 5.69. The zero-order valence-electron chi connectivity index (χ0n) is 31.4. The molecular formula is C54H34N4. The molecule has 12 aromatic rings. The monoisotopic (exact) mass is 738 g/mol. The molecule has 12 rings (SSSR count). The molecule has 0 aliphatic rings. The van der Waals surface area contributed by atoms with Gasteiger partial charge >= 0.3 is 0 Å². The molecule has 0 radical (unpaired) electrons. The predicted octanol–water partition coefficient (Wildman–Crippen LogP) is 14.0. The van der Waals surface area contributed by atoms with Gasteiger partial charge in [0.1, 0.15) is 5.69 Å². The zero-order valence-corrected chi connectivity index (χ0v) is 31.4. The molecule has 9 aromatic carbocycles. The van der Waals surface area contributed by atoms with E-state index in [2.05, 4.69) is 215 Å². The third-order valence-corrected chi connectivity index (χ3v) is 11.7. The van der Waals surface area contributed by atoms with Crippen molar-refractivity contribution in [2.75, 3.05) is 0 Å². The zero-order chi connectivity index (χ0) is 38.2. The van der Waals surface area contributed by atoms with Crippen molar-refractivity contribution < 1.29 is 0 Å². The fourth-order valence-electron chi connectivity index (χ4n) is 9.01. The van der Waals surface area contributed by atoms with Gasteiger partial charge in [0, 0.05) is 32.8 Å². The highest BCUT2D eigenvalue weighted by molar-refractivity contribution is 6.14. The van der Waals surface area contributed by atoms with Gasteiger partial charge in [-0.25, -0.2) is 9.97 Å². The summed E-state index contributed by atoms with van der Waals surface area (Å²) in [7, 11) is 0. The number of benzene rings is 9. The highest BCUT2D eigenvalue weighted by Crippen LogP contribution is 2.41. The van der Waals surface area contributed by atoms with Crippen molar-refractivity contribution in [3.63, 3.8) is 0 Å². The first-order chi connectivity index (χ1) is 28.8. The second-order valence-electron chi connectivity index (χ2n) is 15.0. The Morgan fingerprint density at radius 1 is 0.310 bits per heavy atom. The van der Waals surface area contributed by atoms with Crippen molar-refractivity contribution in [3.8, 4) is 45.0 Å². The minimum absolute atomic E-state index is 0.794. The number of para-hydroxylation sites is 3. The van der Waals surface area contributed by atoms with Gasteiger partial charge in [0.25, 0.3) is 0 Å². The van der Waals surface area contributed by atoms with E-state index in [9.17, 15) is 0 Å². The van der Waals surface area contributed by atoms with Crippen molar-refractivity contribution in [1.82, 2.24) is 19.1 Å². The average molecular weight is 739 g/mol. The van der Waals surface area contributed by atoms with Crippen molar-refractivity contribution in [3.05, 3.63) is 206 Å². The summed E-state index contributed by atoms with van der Waals surface area (Å²) in [6.07, 6.45) is 0. The summed E-state index contributed by atoms with van der Waals surface area (Å²) in [5, 5.41) is 7.17. The molecule has 0 atom stereocenters. The molecule has 4 nitrogen and oxygen atoms in total. The SMILES string of the molecule is c1ccc(-c2cc3nc(-c4ccc5c6ccccc6n(-c6ccccc6)c5c4)c(-n4c5ccccc5c5cc6ccccc6cc54)nc3cc2-c2ccccc2)cc1. The van der Waals surface area contributed by atoms with E-state index < -0.39 is 0 Å². The van der Waals surface area contributed by atoms with Crippen LogP contribution in [0.2, 0.25) is 0 Å². The van der Waals surface area contributed by atoms with Crippen LogP contribution in [0.4, 0.5) is 0 Å². The first-order valence-electron chi connectivity index (χ1n) is 19.7. The van der Waals surface area contributed by atoms with Crippen molar-refractivity contribution in [1.29, 1.82) is 0 Å². The smallest absolute Gasteiger partial charge is 0.165 e. The lowest BCUT2D eigenvalue weighted by Gasteiger charge is -2.17. The molecule has 0 fully saturated rings. The summed E-state index contributed by atoms with van der Waals surface area (Å²) >= 11 is 0. The van der Waals surface area contributed by atoms with Crippen LogP contribution in [0.15, 0.2) is 206 Å². The molecule has 0 N–H and O–H groups in total. The van der Waals surface area contributed by atoms with Gasteiger partial charge in [0.15, 0.2) is 5.82 Å². The molecule has 3 aromatic heterocycles. The number of nitrogens with zero attached hydrogens (tertiary/aromatic N) is 4. The van der Waals surface area contributed by atoms with Gasteiger partial charge in [-0.05, 0) is 87.6 Å². The molecule has 4 heteroatoms. The number of hydrogen-bond acceptors (Lipinski definition) is 2. The normalized spacial score (nSPS) is 11.8. The second kappa shape index (κ2) is 12.9. The maximum absolute atomic E-state index is 5.69. The van der Waals surface area contributed by atoms with E-state index in [1.165, 1.54) is 37.8 Å². The third-order valence-electron chi connectivity index (χ3n) is 11.7. The van der Waals surface area contributed by atoms with Gasteiger partial charge < -0.3 is 4.57 Å². The molecule has 0 bridgehead atoms. The summed E-state index contributed by atoms with van der Waals surface area (Å²) in [5.74, 6) is 0.794. The first-order valence-corrected chi connectivity index (χ1v) is 19.7. The molecule has 0 saturated carbocycles. The highest BCUT2D eigenvalue weighted by Gasteiger charge is 2.22. The van der Waals surface area contributed by atoms with E-state index in [0.29, 0.717) is 0 Å². The number of rotatable bonds is 5. The van der Waals surface area contributed by atoms with Crippen molar-refractivity contribution in [2.45, 2.75) is 0 Å². The minimum Gasteiger partial charge on any atom is -0.309 e. The fraction of sp³-hybridized carbons (Fsp3) is 0. The lowest BCUT2D eigenvalue weighted by molar-refractivity contribution is 1.08. The minimum atomic E-state index is 0.794. The summed E-state index contributed by atoms with van der Waals surface area (Å²) in [6.45, 7) is 0. The largest absolute Gasteiger partial charge is 0.309 e. The Bertz CT molecular complexity index is 3550. The molecular weight excluding hydrogens is 705 g/mol. The lowest BCUT2D eigenvalue weighted by Crippen LogP contribution is -2.04. The Morgan fingerprint density at radius 3 is 1.48 bits per heavy atom. The van der Waals surface area contributed by atoms with E-state index in [4.69, 9.17) is 9.97 Å². The van der Waals surface area contributed by atoms with Crippen LogP contribution in [0.1, 0.15) is 0 Å². The average Bonchev–Trinajstić information content (AvgIpc) is 3.80. The van der Waals surface area contributed by atoms with Crippen LogP contribution < -0.4 is 0 Å². The Hall–Kier alpha value is -7.82. The predicted molar refractivity (Wildman–Crippen MR) is 242 cm³/mol. The van der Waals surface area contributed by atoms with Crippen LogP contribution in [-0.4, -0.2) is 19.1 Å².